The van der Waals surface area contributed by atoms with Gasteiger partial charge in [-0.15, -0.1) is 0 Å². The Hall–Kier alpha value is -1.34. The van der Waals surface area contributed by atoms with Crippen molar-refractivity contribution in [3.63, 3.8) is 0 Å². The lowest BCUT2D eigenvalue weighted by atomic mass is 9.99. The number of hydrogen-bond acceptors (Lipinski definition) is 6. The first kappa shape index (κ1) is 22.9. The minimum absolute atomic E-state index is 0.185. The predicted molar refractivity (Wildman–Crippen MR) is 114 cm³/mol. The summed E-state index contributed by atoms with van der Waals surface area (Å²) in [4.78, 5) is 7.01. The summed E-state index contributed by atoms with van der Waals surface area (Å²) in [5.74, 6) is 1.39. The van der Waals surface area contributed by atoms with E-state index >= 15 is 0 Å². The molecule has 1 aromatic rings. The highest BCUT2D eigenvalue weighted by Crippen LogP contribution is 2.29. The topological polar surface area (TPSA) is 48.4 Å². The first-order chi connectivity index (χ1) is 13.1. The summed E-state index contributed by atoms with van der Waals surface area (Å²) < 4.78 is 11.4. The summed E-state index contributed by atoms with van der Waals surface area (Å²) in [6.07, 6.45) is -0.538. The molecule has 1 saturated heterocycles. The Morgan fingerprint density at radius 1 is 1.21 bits per heavy atom. The quantitative estimate of drug-likeness (QED) is 0.695. The molecule has 0 spiro atoms. The van der Waals surface area contributed by atoms with Crippen LogP contribution in [0.3, 0.4) is 0 Å². The number of rotatable bonds is 9. The maximum Gasteiger partial charge on any atom is 0.161 e. The second kappa shape index (κ2) is 9.92. The van der Waals surface area contributed by atoms with Gasteiger partial charge < -0.3 is 19.5 Å². The van der Waals surface area contributed by atoms with Gasteiger partial charge in [0.2, 0.25) is 0 Å². The molecule has 1 aromatic carbocycles. The fourth-order valence-electron chi connectivity index (χ4n) is 3.45. The van der Waals surface area contributed by atoms with Gasteiger partial charge in [-0.25, -0.2) is 0 Å². The molecular formula is C22H39N3O3. The number of benzene rings is 1. The summed E-state index contributed by atoms with van der Waals surface area (Å²) in [5, 5.41) is 10.2. The average Bonchev–Trinajstić information content (AvgIpc) is 2.63. The highest BCUT2D eigenvalue weighted by atomic mass is 16.5. The average molecular weight is 394 g/mol. The van der Waals surface area contributed by atoms with Crippen LogP contribution in [0.1, 0.15) is 33.3 Å². The lowest BCUT2D eigenvalue weighted by Crippen LogP contribution is -2.57. The second-order valence-electron chi connectivity index (χ2n) is 8.93. The van der Waals surface area contributed by atoms with Crippen molar-refractivity contribution in [3.8, 4) is 11.5 Å². The molecule has 1 N–H and O–H groups in total. The van der Waals surface area contributed by atoms with Crippen molar-refractivity contribution < 1.29 is 14.6 Å². The zero-order valence-electron chi connectivity index (χ0n) is 18.7. The van der Waals surface area contributed by atoms with E-state index in [9.17, 15) is 5.11 Å². The Morgan fingerprint density at radius 2 is 1.93 bits per heavy atom. The molecule has 28 heavy (non-hydrogen) atoms. The monoisotopic (exact) mass is 393 g/mol. The van der Waals surface area contributed by atoms with E-state index in [2.05, 4.69) is 55.5 Å². The number of nitrogens with zero attached hydrogens (tertiary/aromatic N) is 3. The summed E-state index contributed by atoms with van der Waals surface area (Å²) in [6, 6.07) is 6.49. The number of methoxy groups -OCH3 is 1. The summed E-state index contributed by atoms with van der Waals surface area (Å²) in [7, 11) is 5.86. The van der Waals surface area contributed by atoms with Crippen LogP contribution in [0.5, 0.6) is 11.5 Å². The van der Waals surface area contributed by atoms with Crippen LogP contribution >= 0.6 is 0 Å². The van der Waals surface area contributed by atoms with Gasteiger partial charge in [0.15, 0.2) is 11.5 Å². The van der Waals surface area contributed by atoms with Crippen LogP contribution in [0.15, 0.2) is 18.2 Å². The number of aliphatic hydroxyl groups is 1. The Morgan fingerprint density at radius 3 is 2.54 bits per heavy atom. The van der Waals surface area contributed by atoms with Gasteiger partial charge in [-0.3, -0.25) is 9.80 Å². The van der Waals surface area contributed by atoms with E-state index in [1.807, 2.05) is 19.2 Å². The Kier molecular flexibility index (Phi) is 8.13. The van der Waals surface area contributed by atoms with Crippen molar-refractivity contribution in [3.05, 3.63) is 23.8 Å². The van der Waals surface area contributed by atoms with Gasteiger partial charge in [0, 0.05) is 44.3 Å². The predicted octanol–water partition coefficient (Wildman–Crippen LogP) is 2.30. The first-order valence-electron chi connectivity index (χ1n) is 10.2. The van der Waals surface area contributed by atoms with E-state index < -0.39 is 6.10 Å². The molecular weight excluding hydrogens is 354 g/mol. The van der Waals surface area contributed by atoms with Crippen molar-refractivity contribution in [2.45, 2.75) is 51.9 Å². The largest absolute Gasteiger partial charge is 0.493 e. The molecule has 0 saturated carbocycles. The molecule has 1 fully saturated rings. The second-order valence-corrected chi connectivity index (χ2v) is 8.93. The molecule has 2 rings (SSSR count). The third-order valence-corrected chi connectivity index (χ3v) is 5.84. The number of piperazine rings is 1. The minimum atomic E-state index is -0.538. The van der Waals surface area contributed by atoms with E-state index in [-0.39, 0.29) is 12.1 Å². The fraction of sp³-hybridized carbons (Fsp3) is 0.727. The molecule has 0 bridgehead atoms. The maximum absolute atomic E-state index is 10.2. The van der Waals surface area contributed by atoms with E-state index in [0.29, 0.717) is 18.3 Å². The molecule has 1 atom stereocenters. The van der Waals surface area contributed by atoms with Crippen LogP contribution in [0.2, 0.25) is 0 Å². The minimum Gasteiger partial charge on any atom is -0.493 e. The molecule has 0 aromatic heterocycles. The molecule has 1 aliphatic heterocycles. The van der Waals surface area contributed by atoms with Crippen LogP contribution in [-0.4, -0.2) is 91.5 Å². The lowest BCUT2D eigenvalue weighted by molar-refractivity contribution is 0.0359. The molecule has 6 nitrogen and oxygen atoms in total. The van der Waals surface area contributed by atoms with E-state index in [1.54, 1.807) is 7.11 Å². The Balaban J connectivity index is 1.94. The van der Waals surface area contributed by atoms with E-state index in [1.165, 1.54) is 5.56 Å². The van der Waals surface area contributed by atoms with Crippen LogP contribution in [0.25, 0.3) is 0 Å². The van der Waals surface area contributed by atoms with E-state index in [0.717, 1.165) is 31.9 Å². The molecule has 0 amide bonds. The zero-order chi connectivity index (χ0) is 20.9. The molecule has 0 unspecified atom stereocenters. The van der Waals surface area contributed by atoms with Crippen molar-refractivity contribution in [1.82, 2.24) is 14.7 Å². The summed E-state index contributed by atoms with van der Waals surface area (Å²) in [5.41, 5.74) is 1.40. The zero-order valence-corrected chi connectivity index (χ0v) is 18.7. The molecule has 160 valence electrons. The molecule has 1 aliphatic rings. The van der Waals surface area contributed by atoms with Gasteiger partial charge in [-0.05, 0) is 59.5 Å². The number of hydrogen-bond donors (Lipinski definition) is 1. The Labute approximate surface area is 171 Å². The van der Waals surface area contributed by atoms with Gasteiger partial charge in [-0.1, -0.05) is 6.07 Å². The van der Waals surface area contributed by atoms with Gasteiger partial charge in [-0.2, -0.15) is 0 Å². The van der Waals surface area contributed by atoms with E-state index in [4.69, 9.17) is 9.47 Å². The third kappa shape index (κ3) is 6.34. The maximum atomic E-state index is 10.2. The molecule has 0 aliphatic carbocycles. The van der Waals surface area contributed by atoms with Crippen molar-refractivity contribution in [1.29, 1.82) is 0 Å². The highest BCUT2D eigenvalue weighted by molar-refractivity contribution is 5.43. The van der Waals surface area contributed by atoms with Crippen LogP contribution in [0.4, 0.5) is 0 Å². The van der Waals surface area contributed by atoms with Crippen LogP contribution < -0.4 is 9.47 Å². The highest BCUT2D eigenvalue weighted by Gasteiger charge is 2.30. The van der Waals surface area contributed by atoms with Crippen LogP contribution in [-0.2, 0) is 6.54 Å². The van der Waals surface area contributed by atoms with Crippen molar-refractivity contribution >= 4 is 0 Å². The smallest absolute Gasteiger partial charge is 0.161 e. The number of likely N-dealkylation sites (N-methyl/N-ethyl adjacent to an activating group) is 2. The van der Waals surface area contributed by atoms with Crippen LogP contribution in [0, 0.1) is 0 Å². The third-order valence-electron chi connectivity index (χ3n) is 5.84. The fourth-order valence-corrected chi connectivity index (χ4v) is 3.45. The van der Waals surface area contributed by atoms with Crippen molar-refractivity contribution in [2.75, 3.05) is 54.0 Å². The van der Waals surface area contributed by atoms with Gasteiger partial charge in [0.05, 0.1) is 7.11 Å². The van der Waals surface area contributed by atoms with Crippen molar-refractivity contribution in [2.24, 2.45) is 0 Å². The normalized spacial score (nSPS) is 19.2. The lowest BCUT2D eigenvalue weighted by Gasteiger charge is -2.45. The molecule has 1 heterocycles. The van der Waals surface area contributed by atoms with Gasteiger partial charge in [0.1, 0.15) is 12.7 Å². The summed E-state index contributed by atoms with van der Waals surface area (Å²) in [6.45, 7) is 13.7. The summed E-state index contributed by atoms with van der Waals surface area (Å²) >= 11 is 0. The first-order valence-corrected chi connectivity index (χ1v) is 10.2. The number of ether oxygens (including phenoxy) is 2. The SMILES string of the molecule is COc1cc(CN2CCN(C)C(C)(C)C2)ccc1OC[C@@H](O)CN(C)C(C)C. The number of aliphatic hydroxyl groups excluding tert-OH is 1. The van der Waals surface area contributed by atoms with Gasteiger partial charge >= 0.3 is 0 Å². The standard InChI is InChI=1S/C22H39N3O3/c1-17(2)23(5)14-19(26)15-28-20-9-8-18(12-21(20)27-7)13-25-11-10-24(6)22(3,4)16-25/h8-9,12,17,19,26H,10-11,13-16H2,1-7H3/t19-/m0/s1. The Bertz CT molecular complexity index is 621. The van der Waals surface area contributed by atoms with Gasteiger partial charge in [0.25, 0.3) is 0 Å². The molecule has 0 radical (unpaired) electrons. The molecule has 6 heteroatoms.